The van der Waals surface area contributed by atoms with Gasteiger partial charge in [0.2, 0.25) is 0 Å². The lowest BCUT2D eigenvalue weighted by atomic mass is 9.95. The maximum absolute atomic E-state index is 11.5. The van der Waals surface area contributed by atoms with Crippen molar-refractivity contribution in [3.8, 4) is 0 Å². The Hall–Kier alpha value is -1.70. The van der Waals surface area contributed by atoms with Crippen LogP contribution in [0.15, 0.2) is 39.8 Å². The molecule has 23 heavy (non-hydrogen) atoms. The summed E-state index contributed by atoms with van der Waals surface area (Å²) in [4.78, 5) is 2.17. The minimum absolute atomic E-state index is 0.239. The molecular weight excluding hydrogens is 316 g/mol. The Bertz CT molecular complexity index is 764. The van der Waals surface area contributed by atoms with Crippen LogP contribution in [0.25, 0.3) is 0 Å². The number of aliphatic hydroxyl groups is 1. The fourth-order valence-corrected chi connectivity index (χ4v) is 3.13. The van der Waals surface area contributed by atoms with Gasteiger partial charge in [-0.2, -0.15) is 0 Å². The second kappa shape index (κ2) is 6.43. The van der Waals surface area contributed by atoms with E-state index in [1.54, 1.807) is 19.1 Å². The van der Waals surface area contributed by atoms with Crippen LogP contribution in [0.3, 0.4) is 0 Å². The summed E-state index contributed by atoms with van der Waals surface area (Å²) in [5.74, 6) is 0.747. The van der Waals surface area contributed by atoms with Crippen LogP contribution in [0.1, 0.15) is 23.9 Å². The Labute approximate surface area is 136 Å². The average Bonchev–Trinajstić information content (AvgIpc) is 2.82. The molecule has 2 rings (SSSR count). The van der Waals surface area contributed by atoms with E-state index in [4.69, 9.17) is 4.52 Å². The highest BCUT2D eigenvalue weighted by atomic mass is 32.2. The van der Waals surface area contributed by atoms with Gasteiger partial charge >= 0.3 is 0 Å². The molecule has 0 radical (unpaired) electrons. The normalized spacial score (nSPS) is 14.9. The number of rotatable bonds is 6. The highest BCUT2D eigenvalue weighted by molar-refractivity contribution is 7.90. The van der Waals surface area contributed by atoms with E-state index in [0.29, 0.717) is 18.7 Å². The third kappa shape index (κ3) is 4.63. The summed E-state index contributed by atoms with van der Waals surface area (Å²) in [5.41, 5.74) is 0.352. The van der Waals surface area contributed by atoms with Gasteiger partial charge in [-0.1, -0.05) is 17.3 Å². The van der Waals surface area contributed by atoms with E-state index in [0.717, 1.165) is 17.7 Å². The molecule has 0 saturated carbocycles. The minimum atomic E-state index is -3.24. The van der Waals surface area contributed by atoms with Gasteiger partial charge in [0.15, 0.2) is 9.84 Å². The number of benzene rings is 1. The molecule has 0 aliphatic rings. The first-order valence-corrected chi connectivity index (χ1v) is 9.11. The Morgan fingerprint density at radius 2 is 1.91 bits per heavy atom. The van der Waals surface area contributed by atoms with Crippen molar-refractivity contribution in [2.45, 2.75) is 30.9 Å². The van der Waals surface area contributed by atoms with Crippen molar-refractivity contribution in [3.05, 3.63) is 47.3 Å². The van der Waals surface area contributed by atoms with E-state index >= 15 is 0 Å². The largest absolute Gasteiger partial charge is 0.384 e. The van der Waals surface area contributed by atoms with Crippen molar-refractivity contribution < 1.29 is 18.0 Å². The molecule has 0 aliphatic carbocycles. The first-order valence-electron chi connectivity index (χ1n) is 7.22. The van der Waals surface area contributed by atoms with E-state index in [1.807, 2.05) is 24.9 Å². The molecular formula is C16H22N2O4S. The highest BCUT2D eigenvalue weighted by Crippen LogP contribution is 2.23. The number of likely N-dealkylation sites (N-methyl/N-ethyl adjacent to an activating group) is 1. The maximum Gasteiger partial charge on any atom is 0.175 e. The minimum Gasteiger partial charge on any atom is -0.384 e. The van der Waals surface area contributed by atoms with Crippen LogP contribution in [0.4, 0.5) is 0 Å². The van der Waals surface area contributed by atoms with Crippen molar-refractivity contribution in [1.29, 1.82) is 0 Å². The molecule has 0 aliphatic heterocycles. The summed E-state index contributed by atoms with van der Waals surface area (Å²) in [6.45, 7) is 4.45. The SMILES string of the molecule is Cc1cc(CN(C)CC(C)(O)c2ccc(S(C)(=O)=O)cc2)no1. The van der Waals surface area contributed by atoms with Gasteiger partial charge in [-0.3, -0.25) is 4.90 Å². The Balaban J connectivity index is 2.08. The van der Waals surface area contributed by atoms with Crippen LogP contribution in [0.2, 0.25) is 0 Å². The van der Waals surface area contributed by atoms with Gasteiger partial charge in [-0.05, 0) is 38.6 Å². The van der Waals surface area contributed by atoms with Crippen molar-refractivity contribution in [1.82, 2.24) is 10.1 Å². The lowest BCUT2D eigenvalue weighted by molar-refractivity contribution is 0.0208. The van der Waals surface area contributed by atoms with E-state index in [-0.39, 0.29) is 4.90 Å². The fraction of sp³-hybridized carbons (Fsp3) is 0.438. The van der Waals surface area contributed by atoms with Gasteiger partial charge in [0.25, 0.3) is 0 Å². The monoisotopic (exact) mass is 338 g/mol. The third-order valence-corrected chi connectivity index (χ3v) is 4.72. The lowest BCUT2D eigenvalue weighted by Gasteiger charge is -2.29. The molecule has 1 aromatic heterocycles. The molecule has 7 heteroatoms. The summed E-state index contributed by atoms with van der Waals surface area (Å²) in [6.07, 6.45) is 1.16. The summed E-state index contributed by atoms with van der Waals surface area (Å²) in [6, 6.07) is 8.17. The number of hydrogen-bond donors (Lipinski definition) is 1. The zero-order valence-corrected chi connectivity index (χ0v) is 14.6. The molecule has 0 saturated heterocycles. The van der Waals surface area contributed by atoms with Crippen LogP contribution in [0.5, 0.6) is 0 Å². The van der Waals surface area contributed by atoms with Crippen LogP contribution >= 0.6 is 0 Å². The van der Waals surface area contributed by atoms with Gasteiger partial charge in [-0.25, -0.2) is 8.42 Å². The van der Waals surface area contributed by atoms with Crippen molar-refractivity contribution in [2.24, 2.45) is 0 Å². The number of aromatic nitrogens is 1. The molecule has 126 valence electrons. The van der Waals surface area contributed by atoms with Gasteiger partial charge in [0.1, 0.15) is 5.76 Å². The highest BCUT2D eigenvalue weighted by Gasteiger charge is 2.25. The third-order valence-electron chi connectivity index (χ3n) is 3.59. The van der Waals surface area contributed by atoms with Crippen molar-refractivity contribution in [2.75, 3.05) is 19.8 Å². The first kappa shape index (κ1) is 17.7. The second-order valence-corrected chi connectivity index (χ2v) is 8.19. The van der Waals surface area contributed by atoms with Gasteiger partial charge in [0.05, 0.1) is 16.2 Å². The first-order chi connectivity index (χ1) is 10.6. The van der Waals surface area contributed by atoms with Gasteiger partial charge in [-0.15, -0.1) is 0 Å². The Kier molecular flexibility index (Phi) is 4.93. The van der Waals surface area contributed by atoms with Crippen LogP contribution in [0, 0.1) is 6.92 Å². The van der Waals surface area contributed by atoms with Crippen molar-refractivity contribution in [3.63, 3.8) is 0 Å². The topological polar surface area (TPSA) is 83.6 Å². The number of aryl methyl sites for hydroxylation is 1. The van der Waals surface area contributed by atoms with E-state index in [9.17, 15) is 13.5 Å². The van der Waals surface area contributed by atoms with E-state index in [2.05, 4.69) is 5.16 Å². The average molecular weight is 338 g/mol. The smallest absolute Gasteiger partial charge is 0.175 e. The van der Waals surface area contributed by atoms with Gasteiger partial charge in [0, 0.05) is 25.4 Å². The second-order valence-electron chi connectivity index (χ2n) is 6.17. The molecule has 0 fully saturated rings. The quantitative estimate of drug-likeness (QED) is 0.863. The maximum atomic E-state index is 11.5. The predicted molar refractivity (Wildman–Crippen MR) is 86.7 cm³/mol. The van der Waals surface area contributed by atoms with Crippen LogP contribution in [-0.4, -0.2) is 43.4 Å². The Morgan fingerprint density at radius 1 is 1.30 bits per heavy atom. The molecule has 1 unspecified atom stereocenters. The van der Waals surface area contributed by atoms with E-state index < -0.39 is 15.4 Å². The molecule has 0 amide bonds. The number of hydrogen-bond acceptors (Lipinski definition) is 6. The van der Waals surface area contributed by atoms with Gasteiger partial charge < -0.3 is 9.63 Å². The van der Waals surface area contributed by atoms with Crippen LogP contribution < -0.4 is 0 Å². The molecule has 0 bridgehead atoms. The van der Waals surface area contributed by atoms with Crippen molar-refractivity contribution >= 4 is 9.84 Å². The standard InChI is InChI=1S/C16H22N2O4S/c1-12-9-14(17-22-12)10-18(3)11-16(2,19)13-5-7-15(8-6-13)23(4,20)21/h5-9,19H,10-11H2,1-4H3. The predicted octanol–water partition coefficient (Wildman–Crippen LogP) is 1.73. The zero-order chi connectivity index (χ0) is 17.3. The number of nitrogens with zero attached hydrogens (tertiary/aromatic N) is 2. The fourth-order valence-electron chi connectivity index (χ4n) is 2.50. The molecule has 1 heterocycles. The number of sulfone groups is 1. The molecule has 1 N–H and O–H groups in total. The summed E-state index contributed by atoms with van der Waals surface area (Å²) >= 11 is 0. The molecule has 1 aromatic carbocycles. The zero-order valence-electron chi connectivity index (χ0n) is 13.8. The van der Waals surface area contributed by atoms with E-state index in [1.165, 1.54) is 12.1 Å². The summed E-state index contributed by atoms with van der Waals surface area (Å²) in [5, 5.41) is 14.6. The summed E-state index contributed by atoms with van der Waals surface area (Å²) in [7, 11) is -1.36. The molecule has 2 aromatic rings. The Morgan fingerprint density at radius 3 is 2.39 bits per heavy atom. The molecule has 1 atom stereocenters. The molecule has 6 nitrogen and oxygen atoms in total. The summed E-state index contributed by atoms with van der Waals surface area (Å²) < 4.78 is 28.0. The molecule has 0 spiro atoms. The lowest BCUT2D eigenvalue weighted by Crippen LogP contribution is -2.36. The van der Waals surface area contributed by atoms with Crippen LogP contribution in [-0.2, 0) is 22.0 Å².